The summed E-state index contributed by atoms with van der Waals surface area (Å²) in [4.78, 5) is 21.8. The first kappa shape index (κ1) is 12.6. The van der Waals surface area contributed by atoms with Crippen molar-refractivity contribution in [3.8, 4) is 0 Å². The maximum Gasteiger partial charge on any atom is 0.333 e. The van der Waals surface area contributed by atoms with Crippen molar-refractivity contribution >= 4 is 21.6 Å². The molecular formula is C13H13BrN2O3. The molecule has 1 aromatic heterocycles. The van der Waals surface area contributed by atoms with Gasteiger partial charge in [0.25, 0.3) is 5.43 Å². The lowest BCUT2D eigenvalue weighted by atomic mass is 9.93. The SMILES string of the molecule is O=c1c(Br)cn(C[C@H]2C[C@H]3C=C[C@@H]2C3)cc1[N+](=O)[O-]. The van der Waals surface area contributed by atoms with Gasteiger partial charge >= 0.3 is 5.69 Å². The molecule has 6 heteroatoms. The van der Waals surface area contributed by atoms with E-state index in [1.165, 1.54) is 12.6 Å². The fourth-order valence-corrected chi connectivity index (χ4v) is 3.66. The van der Waals surface area contributed by atoms with Gasteiger partial charge in [-0.3, -0.25) is 14.9 Å². The maximum atomic E-state index is 11.6. The van der Waals surface area contributed by atoms with Crippen molar-refractivity contribution in [2.75, 3.05) is 0 Å². The van der Waals surface area contributed by atoms with Gasteiger partial charge in [-0.2, -0.15) is 0 Å². The number of aromatic nitrogens is 1. The average molecular weight is 325 g/mol. The molecule has 0 N–H and O–H groups in total. The van der Waals surface area contributed by atoms with Gasteiger partial charge in [-0.25, -0.2) is 0 Å². The minimum atomic E-state index is -0.621. The fraction of sp³-hybridized carbons (Fsp3) is 0.462. The molecule has 2 aliphatic carbocycles. The van der Waals surface area contributed by atoms with Crippen LogP contribution < -0.4 is 5.43 Å². The monoisotopic (exact) mass is 324 g/mol. The van der Waals surface area contributed by atoms with Crippen molar-refractivity contribution in [1.82, 2.24) is 4.57 Å². The number of nitro groups is 1. The predicted molar refractivity (Wildman–Crippen MR) is 73.9 cm³/mol. The Labute approximate surface area is 118 Å². The second-order valence-electron chi connectivity index (χ2n) is 5.31. The smallest absolute Gasteiger partial charge is 0.333 e. The van der Waals surface area contributed by atoms with Gasteiger partial charge < -0.3 is 4.57 Å². The molecule has 0 aliphatic heterocycles. The topological polar surface area (TPSA) is 65.1 Å². The summed E-state index contributed by atoms with van der Waals surface area (Å²) in [5.74, 6) is 1.78. The van der Waals surface area contributed by atoms with Gasteiger partial charge in [0.15, 0.2) is 0 Å². The standard InChI is InChI=1S/C13H13BrN2O3/c14-11-6-15(7-12(13(11)17)16(18)19)5-10-4-8-1-2-9(10)3-8/h1-2,6-10H,3-5H2/t8-,9+,10+/m0/s1. The van der Waals surface area contributed by atoms with Crippen LogP contribution in [0.1, 0.15) is 12.8 Å². The van der Waals surface area contributed by atoms with Gasteiger partial charge in [0.05, 0.1) is 15.6 Å². The molecule has 1 aromatic rings. The van der Waals surface area contributed by atoms with E-state index in [4.69, 9.17) is 0 Å². The zero-order chi connectivity index (χ0) is 13.6. The molecule has 0 radical (unpaired) electrons. The van der Waals surface area contributed by atoms with Gasteiger partial charge in [-0.1, -0.05) is 12.2 Å². The molecule has 2 bridgehead atoms. The van der Waals surface area contributed by atoms with Crippen LogP contribution in [0.5, 0.6) is 0 Å². The van der Waals surface area contributed by atoms with Crippen LogP contribution in [-0.2, 0) is 6.54 Å². The van der Waals surface area contributed by atoms with Gasteiger partial charge in [-0.15, -0.1) is 0 Å². The third-order valence-corrected chi connectivity index (χ3v) is 4.64. The summed E-state index contributed by atoms with van der Waals surface area (Å²) in [5, 5.41) is 10.9. The van der Waals surface area contributed by atoms with Crippen LogP contribution in [0.15, 0.2) is 33.8 Å². The molecule has 1 fully saturated rings. The van der Waals surface area contributed by atoms with E-state index in [1.54, 1.807) is 10.8 Å². The lowest BCUT2D eigenvalue weighted by molar-refractivity contribution is -0.386. The molecule has 0 unspecified atom stereocenters. The van der Waals surface area contributed by atoms with Crippen molar-refractivity contribution in [1.29, 1.82) is 0 Å². The molecule has 0 aromatic carbocycles. The normalized spacial score (nSPS) is 27.9. The number of halogens is 1. The van der Waals surface area contributed by atoms with Crippen molar-refractivity contribution in [2.24, 2.45) is 17.8 Å². The number of rotatable bonds is 3. The molecule has 1 heterocycles. The summed E-state index contributed by atoms with van der Waals surface area (Å²) in [6.07, 6.45) is 9.86. The zero-order valence-electron chi connectivity index (χ0n) is 10.2. The third-order valence-electron chi connectivity index (χ3n) is 4.08. The van der Waals surface area contributed by atoms with Gasteiger partial charge in [0.2, 0.25) is 0 Å². The quantitative estimate of drug-likeness (QED) is 0.488. The first-order chi connectivity index (χ1) is 9.04. The minimum Gasteiger partial charge on any atom is -0.347 e. The molecule has 100 valence electrons. The van der Waals surface area contributed by atoms with Crippen LogP contribution in [0.2, 0.25) is 0 Å². The van der Waals surface area contributed by atoms with Crippen molar-refractivity contribution < 1.29 is 4.92 Å². The summed E-state index contributed by atoms with van der Waals surface area (Å²) in [5.41, 5.74) is -0.929. The molecule has 19 heavy (non-hydrogen) atoms. The van der Waals surface area contributed by atoms with Crippen molar-refractivity contribution in [2.45, 2.75) is 19.4 Å². The predicted octanol–water partition coefficient (Wildman–Crippen LogP) is 2.73. The Morgan fingerprint density at radius 2 is 2.16 bits per heavy atom. The first-order valence-corrected chi connectivity index (χ1v) is 7.06. The molecule has 0 spiro atoms. The summed E-state index contributed by atoms with van der Waals surface area (Å²) in [7, 11) is 0. The Bertz CT molecular complexity index is 623. The molecule has 3 rings (SSSR count). The van der Waals surface area contributed by atoms with Crippen LogP contribution in [0.25, 0.3) is 0 Å². The average Bonchev–Trinajstić information content (AvgIpc) is 2.95. The highest BCUT2D eigenvalue weighted by molar-refractivity contribution is 9.10. The number of fused-ring (bicyclic) bond motifs is 2. The zero-order valence-corrected chi connectivity index (χ0v) is 11.7. The van der Waals surface area contributed by atoms with E-state index in [-0.39, 0.29) is 10.2 Å². The fourth-order valence-electron chi connectivity index (χ4n) is 3.19. The van der Waals surface area contributed by atoms with E-state index in [2.05, 4.69) is 28.1 Å². The maximum absolute atomic E-state index is 11.6. The highest BCUT2D eigenvalue weighted by Crippen LogP contribution is 2.44. The summed E-state index contributed by atoms with van der Waals surface area (Å²) in [6.45, 7) is 0.727. The van der Waals surface area contributed by atoms with E-state index in [0.29, 0.717) is 17.8 Å². The van der Waals surface area contributed by atoms with E-state index < -0.39 is 10.4 Å². The number of pyridine rings is 1. The number of allylic oxidation sites excluding steroid dienone is 2. The molecule has 5 nitrogen and oxygen atoms in total. The van der Waals surface area contributed by atoms with Crippen LogP contribution in [0, 0.1) is 27.9 Å². The number of hydrogen-bond donors (Lipinski definition) is 0. The molecule has 1 saturated carbocycles. The second-order valence-corrected chi connectivity index (χ2v) is 6.17. The summed E-state index contributed by atoms with van der Waals surface area (Å²) < 4.78 is 2.02. The van der Waals surface area contributed by atoms with E-state index in [9.17, 15) is 14.9 Å². The van der Waals surface area contributed by atoms with Gasteiger partial charge in [-0.05, 0) is 46.5 Å². The number of hydrogen-bond acceptors (Lipinski definition) is 3. The van der Waals surface area contributed by atoms with Crippen LogP contribution >= 0.6 is 15.9 Å². The van der Waals surface area contributed by atoms with E-state index in [0.717, 1.165) is 13.0 Å². The molecule has 0 amide bonds. The third kappa shape index (κ3) is 2.25. The Hall–Kier alpha value is -1.43. The van der Waals surface area contributed by atoms with Crippen LogP contribution in [0.3, 0.4) is 0 Å². The Balaban J connectivity index is 1.87. The van der Waals surface area contributed by atoms with Gasteiger partial charge in [0.1, 0.15) is 0 Å². The first-order valence-electron chi connectivity index (χ1n) is 6.27. The summed E-state index contributed by atoms with van der Waals surface area (Å²) >= 11 is 3.10. The summed E-state index contributed by atoms with van der Waals surface area (Å²) in [6, 6.07) is 0. The Morgan fingerprint density at radius 3 is 2.74 bits per heavy atom. The van der Waals surface area contributed by atoms with Crippen LogP contribution in [0.4, 0.5) is 5.69 Å². The van der Waals surface area contributed by atoms with Crippen molar-refractivity contribution in [3.63, 3.8) is 0 Å². The largest absolute Gasteiger partial charge is 0.347 e. The van der Waals surface area contributed by atoms with E-state index >= 15 is 0 Å². The van der Waals surface area contributed by atoms with Crippen molar-refractivity contribution in [3.05, 3.63) is 49.4 Å². The Morgan fingerprint density at radius 1 is 1.37 bits per heavy atom. The molecule has 3 atom stereocenters. The highest BCUT2D eigenvalue weighted by atomic mass is 79.9. The second kappa shape index (κ2) is 4.59. The van der Waals surface area contributed by atoms with E-state index in [1.807, 2.05) is 0 Å². The Kier molecular flexibility index (Phi) is 3.05. The lowest BCUT2D eigenvalue weighted by Crippen LogP contribution is -2.18. The number of nitrogens with zero attached hydrogens (tertiary/aromatic N) is 2. The van der Waals surface area contributed by atoms with Gasteiger partial charge in [0, 0.05) is 12.7 Å². The van der Waals surface area contributed by atoms with Crippen LogP contribution in [-0.4, -0.2) is 9.49 Å². The molecular weight excluding hydrogens is 312 g/mol. The lowest BCUT2D eigenvalue weighted by Gasteiger charge is -2.19. The highest BCUT2D eigenvalue weighted by Gasteiger charge is 2.35. The molecule has 2 aliphatic rings. The minimum absolute atomic E-state index is 0.250. The molecule has 0 saturated heterocycles.